The number of rotatable bonds is 6. The molecule has 0 aromatic heterocycles. The minimum atomic E-state index is -1.07. The van der Waals surface area contributed by atoms with Crippen molar-refractivity contribution in [1.29, 1.82) is 0 Å². The molecule has 25 heavy (non-hydrogen) atoms. The zero-order valence-corrected chi connectivity index (χ0v) is 14.1. The lowest BCUT2D eigenvalue weighted by Crippen LogP contribution is -2.16. The number of aryl methyl sites for hydroxylation is 2. The van der Waals surface area contributed by atoms with Crippen molar-refractivity contribution in [2.24, 2.45) is 0 Å². The Kier molecular flexibility index (Phi) is 5.26. The topological polar surface area (TPSA) is 110 Å². The monoisotopic (exact) mass is 345 g/mol. The van der Waals surface area contributed by atoms with Crippen molar-refractivity contribution in [3.8, 4) is 11.5 Å². The molecule has 2 rings (SSSR count). The van der Waals surface area contributed by atoms with Crippen molar-refractivity contribution >= 4 is 11.7 Å². The molecule has 2 N–H and O–H groups in total. The predicted octanol–water partition coefficient (Wildman–Crippen LogP) is 3.34. The van der Waals surface area contributed by atoms with Crippen LogP contribution in [0.2, 0.25) is 0 Å². The first kappa shape index (κ1) is 18.3. The van der Waals surface area contributed by atoms with E-state index in [1.165, 1.54) is 13.2 Å². The summed E-state index contributed by atoms with van der Waals surface area (Å²) in [4.78, 5) is 22.2. The molecule has 0 fully saturated rings. The molecule has 0 saturated heterocycles. The van der Waals surface area contributed by atoms with E-state index in [9.17, 15) is 25.1 Å². The summed E-state index contributed by atoms with van der Waals surface area (Å²) in [6, 6.07) is 7.70. The van der Waals surface area contributed by atoms with Crippen LogP contribution in [-0.4, -0.2) is 28.2 Å². The van der Waals surface area contributed by atoms with Crippen molar-refractivity contribution in [2.75, 3.05) is 7.11 Å². The molecule has 2 aromatic carbocycles. The highest BCUT2D eigenvalue weighted by Gasteiger charge is 2.26. The van der Waals surface area contributed by atoms with E-state index in [0.29, 0.717) is 5.56 Å². The van der Waals surface area contributed by atoms with Gasteiger partial charge in [0.25, 0.3) is 5.69 Å². The van der Waals surface area contributed by atoms with Crippen LogP contribution in [0.5, 0.6) is 11.5 Å². The van der Waals surface area contributed by atoms with Gasteiger partial charge in [-0.3, -0.25) is 14.9 Å². The van der Waals surface area contributed by atoms with Gasteiger partial charge >= 0.3 is 5.97 Å². The number of aliphatic carboxylic acids is 1. The van der Waals surface area contributed by atoms with Crippen molar-refractivity contribution in [1.82, 2.24) is 0 Å². The van der Waals surface area contributed by atoms with E-state index in [1.807, 2.05) is 26.0 Å². The second kappa shape index (κ2) is 7.21. The molecule has 1 atom stereocenters. The molecular formula is C18H19NO6. The van der Waals surface area contributed by atoms with Gasteiger partial charge in [-0.2, -0.15) is 0 Å². The Bertz CT molecular complexity index is 831. The number of phenolic OH excluding ortho intramolecular Hbond substituents is 1. The minimum absolute atomic E-state index is 0.0611. The van der Waals surface area contributed by atoms with Crippen molar-refractivity contribution in [3.63, 3.8) is 0 Å². The molecule has 0 spiro atoms. The smallest absolute Gasteiger partial charge is 0.311 e. The zero-order chi connectivity index (χ0) is 18.7. The third-order valence-electron chi connectivity index (χ3n) is 4.09. The summed E-state index contributed by atoms with van der Waals surface area (Å²) >= 11 is 0. The minimum Gasteiger partial charge on any atom is -0.504 e. The van der Waals surface area contributed by atoms with Gasteiger partial charge < -0.3 is 14.9 Å². The largest absolute Gasteiger partial charge is 0.504 e. The standard InChI is InChI=1S/C18H19NO6/c1-10-4-5-14(11(2)6-10)15(18(21)22)8-12-7-13(19(23)24)9-16(25-3)17(12)20/h4-7,9,15,20H,8H2,1-3H3,(H,21,22). The van der Waals surface area contributed by atoms with Crippen molar-refractivity contribution in [3.05, 3.63) is 62.7 Å². The van der Waals surface area contributed by atoms with Crippen molar-refractivity contribution < 1.29 is 24.7 Å². The Morgan fingerprint density at radius 2 is 1.96 bits per heavy atom. The van der Waals surface area contributed by atoms with Crippen LogP contribution in [0.3, 0.4) is 0 Å². The van der Waals surface area contributed by atoms with Gasteiger partial charge in [0.2, 0.25) is 0 Å². The van der Waals surface area contributed by atoms with E-state index in [0.717, 1.165) is 17.2 Å². The maximum Gasteiger partial charge on any atom is 0.311 e. The number of carboxylic acid groups (broad SMARTS) is 1. The molecule has 0 aliphatic rings. The van der Waals surface area contributed by atoms with Gasteiger partial charge in [0.05, 0.1) is 24.0 Å². The van der Waals surface area contributed by atoms with Crippen LogP contribution < -0.4 is 4.74 Å². The molecule has 7 nitrogen and oxygen atoms in total. The lowest BCUT2D eigenvalue weighted by Gasteiger charge is -2.17. The molecular weight excluding hydrogens is 326 g/mol. The van der Waals surface area contributed by atoms with Gasteiger partial charge in [0.1, 0.15) is 0 Å². The third kappa shape index (κ3) is 3.88. The van der Waals surface area contributed by atoms with E-state index in [-0.39, 0.29) is 29.2 Å². The summed E-state index contributed by atoms with van der Waals surface area (Å²) in [5, 5.41) is 30.9. The number of carboxylic acids is 1. The summed E-state index contributed by atoms with van der Waals surface area (Å²) in [7, 11) is 1.28. The first-order valence-corrected chi connectivity index (χ1v) is 7.58. The van der Waals surface area contributed by atoms with Crippen molar-refractivity contribution in [2.45, 2.75) is 26.2 Å². The number of nitrogens with zero attached hydrogens (tertiary/aromatic N) is 1. The van der Waals surface area contributed by atoms with E-state index >= 15 is 0 Å². The molecule has 0 saturated carbocycles. The summed E-state index contributed by atoms with van der Waals surface area (Å²) < 4.78 is 4.96. The summed E-state index contributed by atoms with van der Waals surface area (Å²) in [5.41, 5.74) is 2.30. The fourth-order valence-electron chi connectivity index (χ4n) is 2.83. The number of hydrogen-bond acceptors (Lipinski definition) is 5. The third-order valence-corrected chi connectivity index (χ3v) is 4.09. The van der Waals surface area contributed by atoms with Crippen LogP contribution in [0.4, 0.5) is 5.69 Å². The Balaban J connectivity index is 2.51. The second-order valence-electron chi connectivity index (χ2n) is 5.87. The average molecular weight is 345 g/mol. The molecule has 0 aliphatic heterocycles. The van der Waals surface area contributed by atoms with Crippen LogP contribution in [0.15, 0.2) is 30.3 Å². The second-order valence-corrected chi connectivity index (χ2v) is 5.87. The van der Waals surface area contributed by atoms with E-state index < -0.39 is 16.8 Å². The first-order valence-electron chi connectivity index (χ1n) is 7.58. The number of non-ortho nitro benzene ring substituents is 1. The van der Waals surface area contributed by atoms with Crippen LogP contribution in [0.1, 0.15) is 28.2 Å². The number of aromatic hydroxyl groups is 1. The maximum absolute atomic E-state index is 11.8. The number of ether oxygens (including phenoxy) is 1. The van der Waals surface area contributed by atoms with Gasteiger partial charge in [0.15, 0.2) is 11.5 Å². The Morgan fingerprint density at radius 1 is 1.28 bits per heavy atom. The number of benzene rings is 2. The fraction of sp³-hybridized carbons (Fsp3) is 0.278. The predicted molar refractivity (Wildman–Crippen MR) is 91.3 cm³/mol. The number of methoxy groups -OCH3 is 1. The van der Waals surface area contributed by atoms with Gasteiger partial charge in [-0.25, -0.2) is 0 Å². The average Bonchev–Trinajstić information content (AvgIpc) is 2.54. The van der Waals surface area contributed by atoms with Gasteiger partial charge in [0, 0.05) is 11.6 Å². The summed E-state index contributed by atoms with van der Waals surface area (Å²) in [6.07, 6.45) is -0.0941. The molecule has 0 amide bonds. The van der Waals surface area contributed by atoms with E-state index in [2.05, 4.69) is 0 Å². The van der Waals surface area contributed by atoms with Crippen LogP contribution in [-0.2, 0) is 11.2 Å². The van der Waals surface area contributed by atoms with Crippen LogP contribution in [0.25, 0.3) is 0 Å². The number of nitro groups is 1. The maximum atomic E-state index is 11.8. The quantitative estimate of drug-likeness (QED) is 0.614. The molecule has 0 bridgehead atoms. The lowest BCUT2D eigenvalue weighted by atomic mass is 9.88. The van der Waals surface area contributed by atoms with Crippen LogP contribution >= 0.6 is 0 Å². The lowest BCUT2D eigenvalue weighted by molar-refractivity contribution is -0.385. The molecule has 1 unspecified atom stereocenters. The number of carbonyl (C=O) groups is 1. The Morgan fingerprint density at radius 3 is 2.48 bits per heavy atom. The Labute approximate surface area is 144 Å². The summed E-state index contributed by atoms with van der Waals surface area (Å²) in [5.74, 6) is -2.37. The first-order chi connectivity index (χ1) is 11.7. The van der Waals surface area contributed by atoms with Crippen LogP contribution in [0, 0.1) is 24.0 Å². The number of hydrogen-bond donors (Lipinski definition) is 2. The molecule has 7 heteroatoms. The number of nitro benzene ring substituents is 1. The SMILES string of the molecule is COc1cc([N+](=O)[O-])cc(CC(C(=O)O)c2ccc(C)cc2C)c1O. The van der Waals surface area contributed by atoms with Gasteiger partial charge in [-0.15, -0.1) is 0 Å². The molecule has 0 radical (unpaired) electrons. The highest BCUT2D eigenvalue weighted by molar-refractivity contribution is 5.77. The molecule has 2 aromatic rings. The molecule has 132 valence electrons. The molecule has 0 aliphatic carbocycles. The van der Waals surface area contributed by atoms with E-state index in [1.54, 1.807) is 6.07 Å². The molecule has 0 heterocycles. The highest BCUT2D eigenvalue weighted by atomic mass is 16.6. The normalized spacial score (nSPS) is 11.8. The van der Waals surface area contributed by atoms with Gasteiger partial charge in [-0.1, -0.05) is 23.8 Å². The highest BCUT2D eigenvalue weighted by Crippen LogP contribution is 2.37. The van der Waals surface area contributed by atoms with E-state index in [4.69, 9.17) is 4.74 Å². The summed E-state index contributed by atoms with van der Waals surface area (Å²) in [6.45, 7) is 3.72. The zero-order valence-electron chi connectivity index (χ0n) is 14.1. The Hall–Kier alpha value is -3.09. The fourth-order valence-corrected chi connectivity index (χ4v) is 2.83. The van der Waals surface area contributed by atoms with Gasteiger partial charge in [-0.05, 0) is 31.4 Å². The number of phenols is 1.